The molecule has 0 radical (unpaired) electrons. The zero-order valence-corrected chi connectivity index (χ0v) is 9.85. The summed E-state index contributed by atoms with van der Waals surface area (Å²) in [5, 5.41) is 17.5. The smallest absolute Gasteiger partial charge is 0.216 e. The summed E-state index contributed by atoms with van der Waals surface area (Å²) in [5.74, 6) is 0.894. The van der Waals surface area contributed by atoms with Crippen molar-refractivity contribution in [1.82, 2.24) is 19.9 Å². The number of nitrogens with two attached hydrogens (primary N) is 1. The molecule has 0 bridgehead atoms. The van der Waals surface area contributed by atoms with Crippen LogP contribution in [0.25, 0.3) is 11.4 Å². The van der Waals surface area contributed by atoms with E-state index >= 15 is 0 Å². The largest absolute Gasteiger partial charge is 0.383 e. The summed E-state index contributed by atoms with van der Waals surface area (Å²) < 4.78 is 1.64. The number of pyridine rings is 1. The van der Waals surface area contributed by atoms with Crippen molar-refractivity contribution in [2.75, 3.05) is 5.43 Å². The maximum atomic E-state index is 8.89. The van der Waals surface area contributed by atoms with Gasteiger partial charge in [0.2, 0.25) is 5.16 Å². The van der Waals surface area contributed by atoms with Gasteiger partial charge in [0.05, 0.1) is 0 Å². The highest BCUT2D eigenvalue weighted by Crippen LogP contribution is 2.31. The van der Waals surface area contributed by atoms with Gasteiger partial charge in [-0.15, -0.1) is 10.2 Å². The minimum Gasteiger partial charge on any atom is -0.383 e. The second-order valence-corrected chi connectivity index (χ2v) is 4.43. The second kappa shape index (κ2) is 4.05. The first-order valence-corrected chi connectivity index (χ1v) is 5.82. The summed E-state index contributed by atoms with van der Waals surface area (Å²) in [4.78, 5) is 4.41. The summed E-state index contributed by atoms with van der Waals surface area (Å²) in [5.41, 5.74) is 9.45. The van der Waals surface area contributed by atoms with E-state index in [2.05, 4.69) is 20.6 Å². The van der Waals surface area contributed by atoms with Crippen LogP contribution in [0.2, 0.25) is 0 Å². The lowest BCUT2D eigenvalue weighted by atomic mass is 10.3. The van der Waals surface area contributed by atoms with Gasteiger partial charge < -0.3 is 5.73 Å². The molecule has 0 fully saturated rings. The molecule has 3 N–H and O–H groups in total. The van der Waals surface area contributed by atoms with Crippen LogP contribution in [-0.2, 0) is 0 Å². The van der Waals surface area contributed by atoms with Crippen LogP contribution in [0, 0.1) is 11.3 Å². The summed E-state index contributed by atoms with van der Waals surface area (Å²) in [6.07, 6.45) is 3.37. The molecule has 18 heavy (non-hydrogen) atoms. The van der Waals surface area contributed by atoms with Gasteiger partial charge in [-0.3, -0.25) is 10.4 Å². The van der Waals surface area contributed by atoms with E-state index in [1.165, 1.54) is 11.8 Å². The van der Waals surface area contributed by atoms with Crippen LogP contribution in [0.4, 0.5) is 0 Å². The average molecular weight is 257 g/mol. The Hall–Kier alpha value is -2.53. The van der Waals surface area contributed by atoms with E-state index < -0.39 is 0 Å². The second-order valence-electron chi connectivity index (χ2n) is 3.45. The SMILES string of the molecule is N#CC1=C(N)Nn2c(nnc2-c2cccnc2)S1. The molecule has 0 amide bonds. The minimum atomic E-state index is 0.292. The Kier molecular flexibility index (Phi) is 2.39. The molecule has 2 aromatic rings. The van der Waals surface area contributed by atoms with E-state index in [1.54, 1.807) is 17.1 Å². The summed E-state index contributed by atoms with van der Waals surface area (Å²) in [7, 11) is 0. The van der Waals surface area contributed by atoms with Crippen LogP contribution in [-0.4, -0.2) is 19.9 Å². The molecule has 0 atom stereocenters. The maximum Gasteiger partial charge on any atom is 0.216 e. The van der Waals surface area contributed by atoms with E-state index in [9.17, 15) is 0 Å². The molecule has 88 valence electrons. The highest BCUT2D eigenvalue weighted by atomic mass is 32.2. The van der Waals surface area contributed by atoms with Crippen LogP contribution in [0.15, 0.2) is 40.4 Å². The number of nitrogens with zero attached hydrogens (tertiary/aromatic N) is 5. The quantitative estimate of drug-likeness (QED) is 0.772. The molecule has 3 heterocycles. The molecule has 1 aliphatic heterocycles. The van der Waals surface area contributed by atoms with Crippen molar-refractivity contribution in [3.8, 4) is 17.5 Å². The minimum absolute atomic E-state index is 0.292. The van der Waals surface area contributed by atoms with Crippen LogP contribution in [0.5, 0.6) is 0 Å². The molecule has 8 heteroatoms. The number of fused-ring (bicyclic) bond motifs is 1. The topological polar surface area (TPSA) is 105 Å². The molecule has 0 saturated heterocycles. The molecule has 0 unspecified atom stereocenters. The Morgan fingerprint density at radius 2 is 2.33 bits per heavy atom. The van der Waals surface area contributed by atoms with Crippen molar-refractivity contribution in [3.63, 3.8) is 0 Å². The third-order valence-corrected chi connectivity index (χ3v) is 3.29. The Morgan fingerprint density at radius 1 is 1.44 bits per heavy atom. The number of rotatable bonds is 1. The van der Waals surface area contributed by atoms with Gasteiger partial charge in [0.1, 0.15) is 16.8 Å². The average Bonchev–Trinajstić information content (AvgIpc) is 2.81. The molecule has 2 aromatic heterocycles. The molecule has 7 nitrogen and oxygen atoms in total. The van der Waals surface area contributed by atoms with Crippen molar-refractivity contribution < 1.29 is 0 Å². The Balaban J connectivity index is 2.07. The fourth-order valence-corrected chi connectivity index (χ4v) is 2.21. The first-order chi connectivity index (χ1) is 8.79. The Bertz CT molecular complexity index is 667. The lowest BCUT2D eigenvalue weighted by Gasteiger charge is -2.17. The number of hydrogen-bond acceptors (Lipinski definition) is 7. The Labute approximate surface area is 106 Å². The van der Waals surface area contributed by atoms with Gasteiger partial charge in [0.15, 0.2) is 5.82 Å². The van der Waals surface area contributed by atoms with Gasteiger partial charge in [-0.1, -0.05) is 0 Å². The lowest BCUT2D eigenvalue weighted by Crippen LogP contribution is -2.25. The monoisotopic (exact) mass is 257 g/mol. The van der Waals surface area contributed by atoms with Crippen molar-refractivity contribution in [2.24, 2.45) is 5.73 Å². The van der Waals surface area contributed by atoms with Gasteiger partial charge >= 0.3 is 0 Å². The molecule has 3 rings (SSSR count). The van der Waals surface area contributed by atoms with Crippen LogP contribution in [0.3, 0.4) is 0 Å². The predicted octanol–water partition coefficient (Wildman–Crippen LogP) is 0.641. The lowest BCUT2D eigenvalue weighted by molar-refractivity contribution is 0.792. The van der Waals surface area contributed by atoms with Crippen molar-refractivity contribution in [1.29, 1.82) is 5.26 Å². The molecule has 0 spiro atoms. The summed E-state index contributed by atoms with van der Waals surface area (Å²) in [6.45, 7) is 0. The zero-order valence-electron chi connectivity index (χ0n) is 9.03. The highest BCUT2D eigenvalue weighted by Gasteiger charge is 2.22. The first-order valence-electron chi connectivity index (χ1n) is 5.00. The van der Waals surface area contributed by atoms with Crippen molar-refractivity contribution in [3.05, 3.63) is 35.3 Å². The summed E-state index contributed by atoms with van der Waals surface area (Å²) in [6, 6.07) is 5.69. The van der Waals surface area contributed by atoms with Crippen molar-refractivity contribution in [2.45, 2.75) is 5.16 Å². The number of allylic oxidation sites excluding steroid dienone is 1. The van der Waals surface area contributed by atoms with E-state index in [4.69, 9.17) is 11.0 Å². The number of nitrogens with one attached hydrogen (secondary N) is 1. The molecule has 0 aromatic carbocycles. The fourth-order valence-electron chi connectivity index (χ4n) is 1.52. The standard InChI is InChI=1S/C10H7N7S/c11-4-7-8(12)16-17-9(14-15-10(17)18-7)6-2-1-3-13-5-6/h1-3,5,16H,12H2. The number of nitriles is 1. The van der Waals surface area contributed by atoms with Crippen LogP contribution >= 0.6 is 11.8 Å². The number of thioether (sulfide) groups is 1. The molecule has 1 aliphatic rings. The van der Waals surface area contributed by atoms with E-state index in [0.29, 0.717) is 21.7 Å². The van der Waals surface area contributed by atoms with Crippen molar-refractivity contribution >= 4 is 11.8 Å². The van der Waals surface area contributed by atoms with Gasteiger partial charge in [0.25, 0.3) is 0 Å². The molecule has 0 saturated carbocycles. The molecular formula is C10H7N7S. The first kappa shape index (κ1) is 10.6. The van der Waals surface area contributed by atoms with Crippen LogP contribution in [0.1, 0.15) is 0 Å². The van der Waals surface area contributed by atoms with E-state index in [0.717, 1.165) is 5.56 Å². The van der Waals surface area contributed by atoms with Gasteiger partial charge in [0, 0.05) is 18.0 Å². The Morgan fingerprint density at radius 3 is 3.06 bits per heavy atom. The van der Waals surface area contributed by atoms with Gasteiger partial charge in [-0.25, -0.2) is 4.68 Å². The molecular weight excluding hydrogens is 250 g/mol. The fraction of sp³-hybridized carbons (Fsp3) is 0. The van der Waals surface area contributed by atoms with Crippen LogP contribution < -0.4 is 11.2 Å². The normalized spacial score (nSPS) is 13.7. The summed E-state index contributed by atoms with van der Waals surface area (Å²) >= 11 is 1.18. The zero-order chi connectivity index (χ0) is 12.5. The van der Waals surface area contributed by atoms with Gasteiger partial charge in [-0.2, -0.15) is 5.26 Å². The number of aromatic nitrogens is 4. The van der Waals surface area contributed by atoms with E-state index in [-0.39, 0.29) is 0 Å². The molecule has 0 aliphatic carbocycles. The third-order valence-electron chi connectivity index (χ3n) is 2.32. The van der Waals surface area contributed by atoms with E-state index in [1.807, 2.05) is 18.2 Å². The highest BCUT2D eigenvalue weighted by molar-refractivity contribution is 8.03. The number of hydrogen-bond donors (Lipinski definition) is 2. The van der Waals surface area contributed by atoms with Gasteiger partial charge in [-0.05, 0) is 23.9 Å². The predicted molar refractivity (Wildman–Crippen MR) is 65.3 cm³/mol. The third kappa shape index (κ3) is 1.57. The maximum absolute atomic E-state index is 8.89.